The first kappa shape index (κ1) is 26.1. The van der Waals surface area contributed by atoms with Crippen molar-refractivity contribution in [2.24, 2.45) is 0 Å². The van der Waals surface area contributed by atoms with Gasteiger partial charge in [-0.25, -0.2) is 0 Å². The van der Waals surface area contributed by atoms with Gasteiger partial charge in [-0.1, -0.05) is 66.7 Å². The summed E-state index contributed by atoms with van der Waals surface area (Å²) in [5.74, 6) is 1.28. The van der Waals surface area contributed by atoms with Crippen molar-refractivity contribution in [3.05, 3.63) is 125 Å². The van der Waals surface area contributed by atoms with Gasteiger partial charge in [0.15, 0.2) is 0 Å². The summed E-state index contributed by atoms with van der Waals surface area (Å²) < 4.78 is 5.28. The van der Waals surface area contributed by atoms with Crippen LogP contribution in [0.1, 0.15) is 39.4 Å². The number of rotatable bonds is 8. The minimum absolute atomic E-state index is 0.0831. The molecule has 0 aliphatic carbocycles. The van der Waals surface area contributed by atoms with E-state index in [2.05, 4.69) is 88.7 Å². The van der Waals surface area contributed by atoms with Crippen LogP contribution in [0.3, 0.4) is 0 Å². The molecule has 5 nitrogen and oxygen atoms in total. The number of amides is 1. The second kappa shape index (κ2) is 12.0. The Morgan fingerprint density at radius 2 is 1.35 bits per heavy atom. The molecule has 0 bridgehead atoms. The summed E-state index contributed by atoms with van der Waals surface area (Å²) >= 11 is 0. The molecule has 6 rings (SSSR count). The van der Waals surface area contributed by atoms with E-state index in [4.69, 9.17) is 4.74 Å². The van der Waals surface area contributed by atoms with Crippen LogP contribution in [0.15, 0.2) is 103 Å². The fourth-order valence-corrected chi connectivity index (χ4v) is 6.10. The van der Waals surface area contributed by atoms with E-state index in [1.807, 2.05) is 29.2 Å². The predicted octanol–water partition coefficient (Wildman–Crippen LogP) is 6.24. The number of nitrogens with zero attached hydrogens (tertiary/aromatic N) is 3. The molecule has 40 heavy (non-hydrogen) atoms. The average Bonchev–Trinajstić information content (AvgIpc) is 3.03. The molecule has 4 aromatic rings. The molecule has 5 heteroatoms. The summed E-state index contributed by atoms with van der Waals surface area (Å²) in [7, 11) is 1.66. The number of carbonyl (C=O) groups is 1. The maximum absolute atomic E-state index is 13.5. The normalized spacial score (nSPS) is 15.8. The molecular formula is C35H37N3O2. The molecule has 0 N–H and O–H groups in total. The molecule has 2 aliphatic rings. The Hall–Kier alpha value is -4.09. The van der Waals surface area contributed by atoms with Crippen LogP contribution in [-0.2, 0) is 6.42 Å². The van der Waals surface area contributed by atoms with Gasteiger partial charge in [0.2, 0.25) is 0 Å². The fourth-order valence-electron chi connectivity index (χ4n) is 6.10. The highest BCUT2D eigenvalue weighted by atomic mass is 16.5. The van der Waals surface area contributed by atoms with Crippen LogP contribution in [0.4, 0.5) is 11.4 Å². The number of methoxy groups -OCH3 is 1. The Bertz CT molecular complexity index is 1370. The van der Waals surface area contributed by atoms with Crippen molar-refractivity contribution in [1.29, 1.82) is 0 Å². The van der Waals surface area contributed by atoms with Gasteiger partial charge in [-0.15, -0.1) is 0 Å². The van der Waals surface area contributed by atoms with Crippen molar-refractivity contribution < 1.29 is 9.53 Å². The van der Waals surface area contributed by atoms with E-state index in [9.17, 15) is 4.79 Å². The summed E-state index contributed by atoms with van der Waals surface area (Å²) in [6.07, 6.45) is 1.97. The van der Waals surface area contributed by atoms with E-state index >= 15 is 0 Å². The van der Waals surface area contributed by atoms with Crippen LogP contribution in [0.25, 0.3) is 0 Å². The number of anilines is 2. The molecule has 204 valence electrons. The van der Waals surface area contributed by atoms with Crippen molar-refractivity contribution in [2.75, 3.05) is 56.2 Å². The monoisotopic (exact) mass is 531 g/mol. The third-order valence-electron chi connectivity index (χ3n) is 8.43. The molecule has 1 amide bonds. The lowest BCUT2D eigenvalue weighted by Gasteiger charge is -2.37. The van der Waals surface area contributed by atoms with E-state index in [0.29, 0.717) is 12.5 Å². The Kier molecular flexibility index (Phi) is 7.83. The van der Waals surface area contributed by atoms with Crippen LogP contribution in [-0.4, -0.2) is 57.2 Å². The highest BCUT2D eigenvalue weighted by Gasteiger charge is 2.27. The zero-order valence-corrected chi connectivity index (χ0v) is 23.2. The van der Waals surface area contributed by atoms with Gasteiger partial charge in [0, 0.05) is 55.6 Å². The van der Waals surface area contributed by atoms with Gasteiger partial charge in [-0.3, -0.25) is 9.69 Å². The molecule has 0 aromatic heterocycles. The minimum atomic E-state index is 0.0831. The fraction of sp³-hybridized carbons (Fsp3) is 0.286. The number of piperazine rings is 1. The zero-order valence-electron chi connectivity index (χ0n) is 23.2. The van der Waals surface area contributed by atoms with Crippen LogP contribution in [0.5, 0.6) is 5.75 Å². The number of benzene rings is 4. The van der Waals surface area contributed by atoms with Gasteiger partial charge >= 0.3 is 0 Å². The van der Waals surface area contributed by atoms with E-state index in [1.54, 1.807) is 7.11 Å². The van der Waals surface area contributed by atoms with Crippen molar-refractivity contribution in [3.8, 4) is 5.75 Å². The molecule has 0 atom stereocenters. The van der Waals surface area contributed by atoms with Gasteiger partial charge in [0.25, 0.3) is 5.91 Å². The van der Waals surface area contributed by atoms with Crippen LogP contribution in [0.2, 0.25) is 0 Å². The SMILES string of the molecule is COc1ccc(N2CCc3ccc(N4CCN(CCC(c5ccccc5)c5ccccc5)CC4)cc3C2=O)cc1. The molecule has 0 unspecified atom stereocenters. The number of hydrogen-bond donors (Lipinski definition) is 0. The molecule has 0 saturated carbocycles. The van der Waals surface area contributed by atoms with Crippen molar-refractivity contribution in [2.45, 2.75) is 18.8 Å². The number of carbonyl (C=O) groups excluding carboxylic acids is 1. The van der Waals surface area contributed by atoms with Gasteiger partial charge in [-0.05, 0) is 72.5 Å². The van der Waals surface area contributed by atoms with E-state index < -0.39 is 0 Å². The smallest absolute Gasteiger partial charge is 0.258 e. The van der Waals surface area contributed by atoms with Gasteiger partial charge in [0.1, 0.15) is 5.75 Å². The lowest BCUT2D eigenvalue weighted by molar-refractivity contribution is 0.0980. The maximum atomic E-state index is 13.5. The number of fused-ring (bicyclic) bond motifs is 1. The van der Waals surface area contributed by atoms with Crippen LogP contribution < -0.4 is 14.5 Å². The third-order valence-corrected chi connectivity index (χ3v) is 8.43. The van der Waals surface area contributed by atoms with Crippen molar-refractivity contribution in [1.82, 2.24) is 4.90 Å². The van der Waals surface area contributed by atoms with E-state index in [-0.39, 0.29) is 5.91 Å². The van der Waals surface area contributed by atoms with Gasteiger partial charge in [-0.2, -0.15) is 0 Å². The average molecular weight is 532 g/mol. The van der Waals surface area contributed by atoms with E-state index in [1.165, 1.54) is 11.1 Å². The van der Waals surface area contributed by atoms with Crippen LogP contribution >= 0.6 is 0 Å². The highest BCUT2D eigenvalue weighted by molar-refractivity contribution is 6.08. The first-order valence-corrected chi connectivity index (χ1v) is 14.4. The zero-order chi connectivity index (χ0) is 27.3. The summed E-state index contributed by atoms with van der Waals surface area (Å²) in [5, 5.41) is 0. The predicted molar refractivity (Wildman–Crippen MR) is 163 cm³/mol. The molecule has 4 aromatic carbocycles. The van der Waals surface area contributed by atoms with Crippen molar-refractivity contribution in [3.63, 3.8) is 0 Å². The first-order chi connectivity index (χ1) is 19.7. The molecule has 0 radical (unpaired) electrons. The summed E-state index contributed by atoms with van der Waals surface area (Å²) in [5.41, 5.74) is 6.81. The first-order valence-electron chi connectivity index (χ1n) is 14.4. The quantitative estimate of drug-likeness (QED) is 0.270. The molecule has 2 heterocycles. The maximum Gasteiger partial charge on any atom is 0.258 e. The van der Waals surface area contributed by atoms with Crippen LogP contribution in [0, 0.1) is 0 Å². The third kappa shape index (κ3) is 5.61. The number of hydrogen-bond acceptors (Lipinski definition) is 4. The standard InChI is InChI=1S/C35H37N3O2/c1-40-32-16-14-30(15-17-32)38-21-18-29-12-13-31(26-34(29)35(38)39)37-24-22-36(23-25-37)20-19-33(27-8-4-2-5-9-27)28-10-6-3-7-11-28/h2-17,26,33H,18-25H2,1H3. The van der Waals surface area contributed by atoms with E-state index in [0.717, 1.165) is 73.8 Å². The summed E-state index contributed by atoms with van der Waals surface area (Å²) in [6, 6.07) is 36.0. The lowest BCUT2D eigenvalue weighted by Crippen LogP contribution is -2.47. The lowest BCUT2D eigenvalue weighted by atomic mass is 9.88. The Labute approximate surface area is 237 Å². The largest absolute Gasteiger partial charge is 0.497 e. The summed E-state index contributed by atoms with van der Waals surface area (Å²) in [6.45, 7) is 5.76. The number of ether oxygens (including phenoxy) is 1. The van der Waals surface area contributed by atoms with Crippen molar-refractivity contribution >= 4 is 17.3 Å². The molecule has 1 fully saturated rings. The Morgan fingerprint density at radius 1 is 0.725 bits per heavy atom. The second-order valence-electron chi connectivity index (χ2n) is 10.7. The highest BCUT2D eigenvalue weighted by Crippen LogP contribution is 2.31. The van der Waals surface area contributed by atoms with Gasteiger partial charge in [0.05, 0.1) is 7.11 Å². The molecule has 2 aliphatic heterocycles. The Morgan fingerprint density at radius 3 is 1.98 bits per heavy atom. The summed E-state index contributed by atoms with van der Waals surface area (Å²) in [4.78, 5) is 20.4. The molecular weight excluding hydrogens is 494 g/mol. The minimum Gasteiger partial charge on any atom is -0.497 e. The van der Waals surface area contributed by atoms with Gasteiger partial charge < -0.3 is 14.5 Å². The second-order valence-corrected chi connectivity index (χ2v) is 10.7. The Balaban J connectivity index is 1.09. The molecule has 0 spiro atoms. The topological polar surface area (TPSA) is 36.0 Å². The molecule has 1 saturated heterocycles.